The second-order valence-corrected chi connectivity index (χ2v) is 5.08. The highest BCUT2D eigenvalue weighted by Crippen LogP contribution is 2.25. The summed E-state index contributed by atoms with van der Waals surface area (Å²) in [5.41, 5.74) is 4.74. The molecule has 1 aromatic heterocycles. The fraction of sp³-hybridized carbons (Fsp3) is 0.312. The Labute approximate surface area is 118 Å². The van der Waals surface area contributed by atoms with Gasteiger partial charge in [-0.05, 0) is 30.0 Å². The second kappa shape index (κ2) is 5.30. The Morgan fingerprint density at radius 1 is 1.35 bits per heavy atom. The molecule has 0 amide bonds. The van der Waals surface area contributed by atoms with E-state index in [1.54, 1.807) is 6.20 Å². The molecule has 3 rings (SSSR count). The van der Waals surface area contributed by atoms with Crippen LogP contribution in [0.3, 0.4) is 0 Å². The zero-order chi connectivity index (χ0) is 13.9. The van der Waals surface area contributed by atoms with Crippen LogP contribution < -0.4 is 4.90 Å². The molecule has 0 saturated carbocycles. The number of hydrogen-bond donors (Lipinski definition) is 0. The van der Waals surface area contributed by atoms with Crippen LogP contribution in [-0.2, 0) is 19.4 Å². The van der Waals surface area contributed by atoms with E-state index >= 15 is 0 Å². The topological polar surface area (TPSA) is 52.8 Å². The largest absolute Gasteiger partial charge is 0.351 e. The number of anilines is 1. The summed E-state index contributed by atoms with van der Waals surface area (Å²) < 4.78 is 0. The molecule has 0 saturated heterocycles. The van der Waals surface area contributed by atoms with E-state index < -0.39 is 0 Å². The summed E-state index contributed by atoms with van der Waals surface area (Å²) in [5, 5.41) is 8.90. The maximum absolute atomic E-state index is 8.90. The predicted octanol–water partition coefficient (Wildman–Crippen LogP) is 2.41. The number of aryl methyl sites for hydroxylation is 1. The highest BCUT2D eigenvalue weighted by atomic mass is 15.2. The Balaban J connectivity index is 1.89. The molecule has 0 fully saturated rings. The summed E-state index contributed by atoms with van der Waals surface area (Å²) in [5.74, 6) is 0.932. The Kier molecular flexibility index (Phi) is 3.34. The van der Waals surface area contributed by atoms with E-state index in [9.17, 15) is 0 Å². The van der Waals surface area contributed by atoms with Gasteiger partial charge in [0, 0.05) is 19.3 Å². The maximum Gasteiger partial charge on any atom is 0.147 e. The third-order valence-electron chi connectivity index (χ3n) is 3.70. The monoisotopic (exact) mass is 264 g/mol. The van der Waals surface area contributed by atoms with Crippen molar-refractivity contribution in [3.63, 3.8) is 0 Å². The van der Waals surface area contributed by atoms with Crippen molar-refractivity contribution in [2.75, 3.05) is 11.4 Å². The Bertz CT molecular complexity index is 672. The van der Waals surface area contributed by atoms with Crippen LogP contribution in [0.1, 0.15) is 22.4 Å². The summed E-state index contributed by atoms with van der Waals surface area (Å²) in [7, 11) is 0. The van der Waals surface area contributed by atoms with Gasteiger partial charge in [-0.25, -0.2) is 4.98 Å². The highest BCUT2D eigenvalue weighted by Gasteiger charge is 2.19. The molecule has 0 unspecified atom stereocenters. The van der Waals surface area contributed by atoms with E-state index in [2.05, 4.69) is 33.1 Å². The van der Waals surface area contributed by atoms with Gasteiger partial charge in [-0.2, -0.15) is 5.26 Å². The van der Waals surface area contributed by atoms with Crippen LogP contribution in [0.4, 0.5) is 5.82 Å². The Hall–Kier alpha value is -2.41. The summed E-state index contributed by atoms with van der Waals surface area (Å²) in [6, 6.07) is 8.49. The minimum atomic E-state index is 0.493. The van der Waals surface area contributed by atoms with Gasteiger partial charge in [0.25, 0.3) is 0 Å². The summed E-state index contributed by atoms with van der Waals surface area (Å²) >= 11 is 0. The van der Waals surface area contributed by atoms with Crippen LogP contribution in [0.15, 0.2) is 30.6 Å². The van der Waals surface area contributed by atoms with Crippen molar-refractivity contribution >= 4 is 5.82 Å². The van der Waals surface area contributed by atoms with Crippen molar-refractivity contribution in [2.45, 2.75) is 26.3 Å². The van der Waals surface area contributed by atoms with Gasteiger partial charge in [0.05, 0.1) is 24.4 Å². The highest BCUT2D eigenvalue weighted by molar-refractivity contribution is 5.46. The number of rotatable bonds is 2. The number of nitrogens with zero attached hydrogens (tertiary/aromatic N) is 4. The molecule has 0 atom stereocenters. The summed E-state index contributed by atoms with van der Waals surface area (Å²) in [6.07, 6.45) is 5.04. The van der Waals surface area contributed by atoms with Crippen molar-refractivity contribution in [1.29, 1.82) is 5.26 Å². The molecule has 0 bridgehead atoms. The van der Waals surface area contributed by atoms with Gasteiger partial charge in [0.1, 0.15) is 5.82 Å². The van der Waals surface area contributed by atoms with Crippen LogP contribution in [0.25, 0.3) is 0 Å². The van der Waals surface area contributed by atoms with Crippen LogP contribution >= 0.6 is 0 Å². The van der Waals surface area contributed by atoms with Crippen molar-refractivity contribution in [3.05, 3.63) is 53.0 Å². The summed E-state index contributed by atoms with van der Waals surface area (Å²) in [6.45, 7) is 3.72. The van der Waals surface area contributed by atoms with E-state index in [0.29, 0.717) is 6.42 Å². The normalized spacial score (nSPS) is 13.7. The molecular weight excluding hydrogens is 248 g/mol. The lowest BCUT2D eigenvalue weighted by Crippen LogP contribution is -2.31. The smallest absolute Gasteiger partial charge is 0.147 e. The molecule has 100 valence electrons. The molecule has 0 radical (unpaired) electrons. The molecule has 2 heterocycles. The van der Waals surface area contributed by atoms with Crippen LogP contribution in [0.5, 0.6) is 0 Å². The molecule has 1 aliphatic rings. The van der Waals surface area contributed by atoms with E-state index in [1.807, 2.05) is 19.2 Å². The maximum atomic E-state index is 8.90. The van der Waals surface area contributed by atoms with Gasteiger partial charge < -0.3 is 4.90 Å². The lowest BCUT2D eigenvalue weighted by Gasteiger charge is -2.30. The lowest BCUT2D eigenvalue weighted by molar-refractivity contribution is 0.712. The molecule has 4 nitrogen and oxygen atoms in total. The average molecular weight is 264 g/mol. The van der Waals surface area contributed by atoms with Crippen LogP contribution in [0.2, 0.25) is 0 Å². The molecule has 2 aromatic rings. The van der Waals surface area contributed by atoms with E-state index in [1.165, 1.54) is 16.7 Å². The van der Waals surface area contributed by atoms with E-state index in [-0.39, 0.29) is 0 Å². The fourth-order valence-corrected chi connectivity index (χ4v) is 2.74. The molecular formula is C16H16N4. The molecule has 0 aliphatic carbocycles. The van der Waals surface area contributed by atoms with E-state index in [4.69, 9.17) is 5.26 Å². The molecule has 20 heavy (non-hydrogen) atoms. The average Bonchev–Trinajstić information content (AvgIpc) is 2.47. The Morgan fingerprint density at radius 2 is 2.25 bits per heavy atom. The number of fused-ring (bicyclic) bond motifs is 1. The van der Waals surface area contributed by atoms with Crippen LogP contribution in [0, 0.1) is 18.3 Å². The second-order valence-electron chi connectivity index (χ2n) is 5.08. The predicted molar refractivity (Wildman–Crippen MR) is 77.3 cm³/mol. The quantitative estimate of drug-likeness (QED) is 0.836. The van der Waals surface area contributed by atoms with Gasteiger partial charge in [0.15, 0.2) is 0 Å². The number of benzene rings is 1. The summed E-state index contributed by atoms with van der Waals surface area (Å²) in [4.78, 5) is 11.0. The molecule has 0 spiro atoms. The van der Waals surface area contributed by atoms with Crippen LogP contribution in [-0.4, -0.2) is 16.5 Å². The number of nitriles is 1. The first-order chi connectivity index (χ1) is 9.78. The van der Waals surface area contributed by atoms with Gasteiger partial charge in [-0.15, -0.1) is 0 Å². The van der Waals surface area contributed by atoms with Crippen molar-refractivity contribution in [3.8, 4) is 6.07 Å². The molecule has 1 aliphatic heterocycles. The van der Waals surface area contributed by atoms with Crippen molar-refractivity contribution in [1.82, 2.24) is 9.97 Å². The molecule has 4 heteroatoms. The number of aromatic nitrogens is 2. The van der Waals surface area contributed by atoms with Crippen molar-refractivity contribution in [2.24, 2.45) is 0 Å². The van der Waals surface area contributed by atoms with Gasteiger partial charge in [0.2, 0.25) is 0 Å². The Morgan fingerprint density at radius 3 is 3.05 bits per heavy atom. The van der Waals surface area contributed by atoms with Gasteiger partial charge in [-0.1, -0.05) is 18.2 Å². The minimum absolute atomic E-state index is 0.493. The first kappa shape index (κ1) is 12.6. The zero-order valence-electron chi connectivity index (χ0n) is 11.5. The lowest BCUT2D eigenvalue weighted by atomic mass is 9.93. The third kappa shape index (κ3) is 2.35. The van der Waals surface area contributed by atoms with E-state index in [0.717, 1.165) is 31.0 Å². The molecule has 1 aromatic carbocycles. The fourth-order valence-electron chi connectivity index (χ4n) is 2.74. The first-order valence-electron chi connectivity index (χ1n) is 6.78. The number of hydrogen-bond acceptors (Lipinski definition) is 4. The van der Waals surface area contributed by atoms with Crippen molar-refractivity contribution < 1.29 is 0 Å². The third-order valence-corrected chi connectivity index (χ3v) is 3.70. The standard InChI is InChI=1S/C16H16N4/c1-12-9-18-10-16(19-12)20-8-6-15-13(5-7-17)3-2-4-14(15)11-20/h2-4,9-10H,5-6,8,11H2,1H3. The zero-order valence-corrected chi connectivity index (χ0v) is 11.5. The SMILES string of the molecule is Cc1cncc(N2CCc3c(CC#N)cccc3C2)n1. The molecule has 0 N–H and O–H groups in total. The van der Waals surface area contributed by atoms with Gasteiger partial charge >= 0.3 is 0 Å². The van der Waals surface area contributed by atoms with Gasteiger partial charge in [-0.3, -0.25) is 4.98 Å². The minimum Gasteiger partial charge on any atom is -0.351 e. The first-order valence-corrected chi connectivity index (χ1v) is 6.78.